The quantitative estimate of drug-likeness (QED) is 0.517. The summed E-state index contributed by atoms with van der Waals surface area (Å²) in [4.78, 5) is 2.49. The molecule has 1 heterocycles. The fraction of sp³-hybridized carbons (Fsp3) is 1.00. The van der Waals surface area contributed by atoms with E-state index in [9.17, 15) is 0 Å². The first kappa shape index (κ1) is 20.0. The minimum Gasteiger partial charge on any atom is -0.373 e. The topological polar surface area (TPSA) is 55.0 Å². The van der Waals surface area contributed by atoms with Crippen molar-refractivity contribution in [3.05, 3.63) is 0 Å². The maximum atomic E-state index is 6.01. The van der Waals surface area contributed by atoms with Gasteiger partial charge in [-0.05, 0) is 27.2 Å². The van der Waals surface area contributed by atoms with Gasteiger partial charge in [0.05, 0.1) is 5.67 Å². The Hall–Kier alpha value is -0.0231. The third kappa shape index (κ3) is 6.23. The Balaban J connectivity index is 2.54. The number of hydrogen-bond donors (Lipinski definition) is 2. The third-order valence-corrected chi connectivity index (χ3v) is 7.44. The van der Waals surface area contributed by atoms with Gasteiger partial charge in [-0.1, -0.05) is 6.92 Å². The van der Waals surface area contributed by atoms with Crippen LogP contribution in [0.2, 0.25) is 0 Å². The fourth-order valence-corrected chi connectivity index (χ4v) is 5.84. The second-order valence-corrected chi connectivity index (χ2v) is 8.18. The van der Waals surface area contributed by atoms with E-state index in [0.29, 0.717) is 19.8 Å². The van der Waals surface area contributed by atoms with Crippen molar-refractivity contribution in [2.24, 2.45) is 0 Å². The lowest BCUT2D eigenvalue weighted by Crippen LogP contribution is -2.62. The minimum atomic E-state index is -2.65. The molecule has 7 heteroatoms. The Morgan fingerprint density at radius 2 is 1.55 bits per heavy atom. The van der Waals surface area contributed by atoms with Gasteiger partial charge in [0, 0.05) is 59.1 Å². The van der Waals surface area contributed by atoms with Gasteiger partial charge < -0.3 is 23.9 Å². The number of rotatable bonds is 12. The van der Waals surface area contributed by atoms with Crippen molar-refractivity contribution in [3.63, 3.8) is 0 Å². The molecule has 2 N–H and O–H groups in total. The molecule has 1 atom stereocenters. The van der Waals surface area contributed by atoms with Gasteiger partial charge in [-0.2, -0.15) is 0 Å². The largest absolute Gasteiger partial charge is 0.518 e. The maximum absolute atomic E-state index is 6.01. The lowest BCUT2D eigenvalue weighted by Gasteiger charge is -2.36. The van der Waals surface area contributed by atoms with E-state index in [1.807, 2.05) is 20.8 Å². The van der Waals surface area contributed by atoms with Crippen molar-refractivity contribution < 1.29 is 13.3 Å². The second kappa shape index (κ2) is 11.5. The zero-order valence-electron chi connectivity index (χ0n) is 14.8. The van der Waals surface area contributed by atoms with Gasteiger partial charge in [0.15, 0.2) is 0 Å². The zero-order valence-corrected chi connectivity index (χ0v) is 15.8. The van der Waals surface area contributed by atoms with Gasteiger partial charge >= 0.3 is 8.80 Å². The van der Waals surface area contributed by atoms with Crippen LogP contribution in [0.1, 0.15) is 34.1 Å². The van der Waals surface area contributed by atoms with E-state index in [4.69, 9.17) is 13.3 Å². The number of piperazine rings is 1. The molecule has 1 aliphatic heterocycles. The lowest BCUT2D eigenvalue weighted by atomic mass is 10.3. The standard InChI is InChI=1S/C15H35N3O3Si/c1-5-15(17-11-14-18-12-9-16-10-13-18)22(19-6-2,20-7-3)21-8-4/h15-17H,5-14H2,1-4H3. The molecule has 0 saturated carbocycles. The first-order valence-electron chi connectivity index (χ1n) is 8.80. The van der Waals surface area contributed by atoms with Gasteiger partial charge in [-0.15, -0.1) is 0 Å². The first-order chi connectivity index (χ1) is 10.7. The van der Waals surface area contributed by atoms with Crippen LogP contribution in [-0.4, -0.2) is 78.5 Å². The van der Waals surface area contributed by atoms with E-state index in [2.05, 4.69) is 22.5 Å². The van der Waals surface area contributed by atoms with Gasteiger partial charge in [0.25, 0.3) is 0 Å². The van der Waals surface area contributed by atoms with Gasteiger partial charge in [-0.3, -0.25) is 4.90 Å². The van der Waals surface area contributed by atoms with E-state index in [-0.39, 0.29) is 5.67 Å². The first-order valence-corrected chi connectivity index (χ1v) is 10.6. The lowest BCUT2D eigenvalue weighted by molar-refractivity contribution is 0.0569. The van der Waals surface area contributed by atoms with Crippen LogP contribution in [0.4, 0.5) is 0 Å². The summed E-state index contributed by atoms with van der Waals surface area (Å²) in [6.07, 6.45) is 0.952. The van der Waals surface area contributed by atoms with Crippen LogP contribution in [-0.2, 0) is 13.3 Å². The molecule has 0 aliphatic carbocycles. The molecule has 0 bridgehead atoms. The average molecular weight is 334 g/mol. The highest BCUT2D eigenvalue weighted by Crippen LogP contribution is 2.17. The zero-order chi connectivity index (χ0) is 16.3. The molecule has 132 valence electrons. The van der Waals surface area contributed by atoms with E-state index >= 15 is 0 Å². The van der Waals surface area contributed by atoms with Gasteiger partial charge in [0.2, 0.25) is 0 Å². The van der Waals surface area contributed by atoms with Crippen molar-refractivity contribution in [2.75, 3.05) is 59.1 Å². The van der Waals surface area contributed by atoms with E-state index in [0.717, 1.165) is 45.7 Å². The summed E-state index contributed by atoms with van der Waals surface area (Å²) in [6.45, 7) is 16.5. The highest BCUT2D eigenvalue weighted by Gasteiger charge is 2.48. The smallest absolute Gasteiger partial charge is 0.373 e. The van der Waals surface area contributed by atoms with Crippen LogP contribution in [0, 0.1) is 0 Å². The van der Waals surface area contributed by atoms with E-state index in [1.165, 1.54) is 0 Å². The fourth-order valence-electron chi connectivity index (χ4n) is 2.88. The Morgan fingerprint density at radius 3 is 2.00 bits per heavy atom. The highest BCUT2D eigenvalue weighted by atomic mass is 28.4. The minimum absolute atomic E-state index is 0.162. The summed E-state index contributed by atoms with van der Waals surface area (Å²) in [5.74, 6) is 0. The number of nitrogens with zero attached hydrogens (tertiary/aromatic N) is 1. The summed E-state index contributed by atoms with van der Waals surface area (Å²) >= 11 is 0. The monoisotopic (exact) mass is 333 g/mol. The van der Waals surface area contributed by atoms with Crippen LogP contribution in [0.25, 0.3) is 0 Å². The van der Waals surface area contributed by atoms with Crippen LogP contribution in [0.5, 0.6) is 0 Å². The van der Waals surface area contributed by atoms with Crippen molar-refractivity contribution >= 4 is 8.80 Å². The summed E-state index contributed by atoms with van der Waals surface area (Å²) in [5.41, 5.74) is 0.162. The second-order valence-electron chi connectivity index (χ2n) is 5.41. The molecule has 6 nitrogen and oxygen atoms in total. The molecule has 0 radical (unpaired) electrons. The normalized spacial score (nSPS) is 18.5. The van der Waals surface area contributed by atoms with E-state index < -0.39 is 8.80 Å². The molecule has 1 rings (SSSR count). The molecule has 1 unspecified atom stereocenters. The molecule has 0 spiro atoms. The maximum Gasteiger partial charge on any atom is 0.518 e. The Morgan fingerprint density at radius 1 is 1.00 bits per heavy atom. The SMILES string of the molecule is CCO[Si](OCC)(OCC)C(CC)NCCN1CCNCC1. The Labute approximate surface area is 137 Å². The predicted octanol–water partition coefficient (Wildman–Crippen LogP) is 0.847. The molecule has 1 aliphatic rings. The Kier molecular flexibility index (Phi) is 10.5. The summed E-state index contributed by atoms with van der Waals surface area (Å²) in [7, 11) is -2.65. The summed E-state index contributed by atoms with van der Waals surface area (Å²) < 4.78 is 18.0. The molecule has 0 aromatic rings. The van der Waals surface area contributed by atoms with Crippen molar-refractivity contribution in [1.29, 1.82) is 0 Å². The summed E-state index contributed by atoms with van der Waals surface area (Å²) in [5, 5.41) is 7.02. The molecule has 0 aromatic carbocycles. The van der Waals surface area contributed by atoms with Gasteiger partial charge in [-0.25, -0.2) is 0 Å². The molecule has 0 amide bonds. The van der Waals surface area contributed by atoms with Crippen molar-refractivity contribution in [3.8, 4) is 0 Å². The third-order valence-electron chi connectivity index (χ3n) is 3.90. The number of hydrogen-bond acceptors (Lipinski definition) is 6. The predicted molar refractivity (Wildman–Crippen MR) is 92.0 cm³/mol. The highest BCUT2D eigenvalue weighted by molar-refractivity contribution is 6.62. The van der Waals surface area contributed by atoms with Crippen molar-refractivity contribution in [2.45, 2.75) is 39.8 Å². The van der Waals surface area contributed by atoms with Crippen LogP contribution in [0.3, 0.4) is 0 Å². The van der Waals surface area contributed by atoms with Crippen LogP contribution in [0.15, 0.2) is 0 Å². The molecule has 22 heavy (non-hydrogen) atoms. The molecule has 1 fully saturated rings. The average Bonchev–Trinajstić information content (AvgIpc) is 2.53. The molecular formula is C15H35N3O3Si. The molecule has 1 saturated heterocycles. The van der Waals surface area contributed by atoms with E-state index in [1.54, 1.807) is 0 Å². The number of nitrogens with one attached hydrogen (secondary N) is 2. The molecule has 0 aromatic heterocycles. The molecular weight excluding hydrogens is 298 g/mol. The van der Waals surface area contributed by atoms with Crippen LogP contribution < -0.4 is 10.6 Å². The Bertz CT molecular complexity index is 262. The van der Waals surface area contributed by atoms with Gasteiger partial charge in [0.1, 0.15) is 0 Å². The summed E-state index contributed by atoms with van der Waals surface area (Å²) in [6, 6.07) is 0. The van der Waals surface area contributed by atoms with Crippen molar-refractivity contribution in [1.82, 2.24) is 15.5 Å². The van der Waals surface area contributed by atoms with Crippen LogP contribution >= 0.6 is 0 Å².